The molecule has 3 rings (SSSR count). The van der Waals surface area contributed by atoms with E-state index >= 15 is 0 Å². The Balaban J connectivity index is 1.47. The number of rotatable bonds is 6. The van der Waals surface area contributed by atoms with Crippen molar-refractivity contribution in [2.24, 2.45) is 21.8 Å². The van der Waals surface area contributed by atoms with Crippen LogP contribution >= 0.6 is 0 Å². The molecule has 2 atom stereocenters. The van der Waals surface area contributed by atoms with Crippen LogP contribution in [-0.4, -0.2) is 31.3 Å². The maximum absolute atomic E-state index is 12.0. The van der Waals surface area contributed by atoms with Crippen LogP contribution in [0.15, 0.2) is 35.4 Å². The molecule has 0 radical (unpaired) electrons. The van der Waals surface area contributed by atoms with Crippen LogP contribution in [-0.2, 0) is 14.3 Å². The topological polar surface area (TPSA) is 77.0 Å². The fourth-order valence-electron chi connectivity index (χ4n) is 4.32. The first kappa shape index (κ1) is 20.1. The molecule has 1 N–H and O–H groups in total. The molecule has 6 heteroatoms. The van der Waals surface area contributed by atoms with E-state index in [2.05, 4.69) is 31.3 Å². The highest BCUT2D eigenvalue weighted by Gasteiger charge is 2.59. The molecule has 0 heterocycles. The minimum Gasteiger partial charge on any atom is -0.497 e. The number of fused-ring (bicyclic) bond motifs is 2. The number of ether oxygens (including phenoxy) is 2. The summed E-state index contributed by atoms with van der Waals surface area (Å²) in [6.07, 6.45) is 6.16. The summed E-state index contributed by atoms with van der Waals surface area (Å²) in [5.74, 6) is 0.356. The number of nitrogens with zero attached hydrogens (tertiary/aromatic N) is 1. The Morgan fingerprint density at radius 1 is 1.25 bits per heavy atom. The van der Waals surface area contributed by atoms with Crippen molar-refractivity contribution < 1.29 is 19.1 Å². The van der Waals surface area contributed by atoms with E-state index in [4.69, 9.17) is 9.47 Å². The molecule has 28 heavy (non-hydrogen) atoms. The molecule has 0 spiro atoms. The van der Waals surface area contributed by atoms with E-state index in [1.807, 2.05) is 12.1 Å². The van der Waals surface area contributed by atoms with Crippen molar-refractivity contribution in [3.05, 3.63) is 35.9 Å². The number of esters is 1. The van der Waals surface area contributed by atoms with Crippen LogP contribution in [0.3, 0.4) is 0 Å². The van der Waals surface area contributed by atoms with Crippen molar-refractivity contribution in [3.63, 3.8) is 0 Å². The molecular formula is C22H28N2O4. The second kappa shape index (κ2) is 7.78. The molecular weight excluding hydrogens is 356 g/mol. The molecule has 1 aromatic carbocycles. The minimum absolute atomic E-state index is 0.0305. The maximum Gasteiger partial charge on any atom is 0.331 e. The predicted octanol–water partition coefficient (Wildman–Crippen LogP) is 3.57. The molecule has 6 nitrogen and oxygen atoms in total. The van der Waals surface area contributed by atoms with Gasteiger partial charge >= 0.3 is 5.97 Å². The van der Waals surface area contributed by atoms with Gasteiger partial charge in [-0.15, -0.1) is 0 Å². The number of carbonyl (C=O) groups excluding carboxylic acids is 2. The average molecular weight is 384 g/mol. The molecule has 0 saturated heterocycles. The van der Waals surface area contributed by atoms with Crippen LogP contribution in [0.2, 0.25) is 0 Å². The van der Waals surface area contributed by atoms with Gasteiger partial charge in [0.1, 0.15) is 5.75 Å². The van der Waals surface area contributed by atoms with Crippen molar-refractivity contribution in [2.45, 2.75) is 40.0 Å². The van der Waals surface area contributed by atoms with Crippen LogP contribution in [0, 0.1) is 16.7 Å². The zero-order chi connectivity index (χ0) is 20.4. The molecule has 2 aliphatic carbocycles. The van der Waals surface area contributed by atoms with E-state index in [0.29, 0.717) is 5.92 Å². The van der Waals surface area contributed by atoms with Crippen molar-refractivity contribution >= 4 is 23.7 Å². The van der Waals surface area contributed by atoms with Crippen LogP contribution in [0.5, 0.6) is 5.75 Å². The quantitative estimate of drug-likeness (QED) is 0.462. The molecule has 150 valence electrons. The maximum atomic E-state index is 12.0. The fraction of sp³-hybridized carbons (Fsp3) is 0.500. The highest BCUT2D eigenvalue weighted by Crippen LogP contribution is 2.63. The number of benzene rings is 1. The largest absolute Gasteiger partial charge is 0.497 e. The summed E-state index contributed by atoms with van der Waals surface area (Å²) < 4.78 is 10.1. The second-order valence-corrected chi connectivity index (χ2v) is 8.30. The number of nitrogens with one attached hydrogen (secondary N) is 1. The van der Waals surface area contributed by atoms with Gasteiger partial charge in [-0.05, 0) is 54.4 Å². The van der Waals surface area contributed by atoms with Crippen molar-refractivity contribution in [1.29, 1.82) is 0 Å². The molecule has 2 saturated carbocycles. The Labute approximate surface area is 166 Å². The predicted molar refractivity (Wildman–Crippen MR) is 108 cm³/mol. The van der Waals surface area contributed by atoms with Crippen molar-refractivity contribution in [3.8, 4) is 5.75 Å². The Morgan fingerprint density at radius 2 is 1.96 bits per heavy atom. The lowest BCUT2D eigenvalue weighted by Gasteiger charge is -2.34. The summed E-state index contributed by atoms with van der Waals surface area (Å²) in [5, 5.41) is 4.36. The van der Waals surface area contributed by atoms with E-state index < -0.39 is 11.9 Å². The summed E-state index contributed by atoms with van der Waals surface area (Å²) >= 11 is 0. The Kier molecular flexibility index (Phi) is 5.59. The molecule has 2 fully saturated rings. The van der Waals surface area contributed by atoms with Crippen LogP contribution in [0.25, 0.3) is 6.08 Å². The van der Waals surface area contributed by atoms with E-state index in [-0.39, 0.29) is 17.4 Å². The third kappa shape index (κ3) is 3.81. The standard InChI is InChI=1S/C22H28N2O4/c1-21(2)16-11-12-22(21,3)18(13-16)23-24-19(25)14-28-20(26)10-7-15-5-8-17(27-4)9-6-15/h5-10,16H,11-14H2,1-4H3,(H,24,25)/b10-7+,23-18-/t16-,22-/m0/s1. The number of hydrogen-bond acceptors (Lipinski definition) is 5. The molecule has 2 aliphatic rings. The summed E-state index contributed by atoms with van der Waals surface area (Å²) in [4.78, 5) is 23.8. The van der Waals surface area contributed by atoms with Gasteiger partial charge in [0.15, 0.2) is 6.61 Å². The SMILES string of the molecule is COc1ccc(/C=C/C(=O)OCC(=O)N/N=C2/C[C@@H]3CC[C@]2(C)C3(C)C)cc1. The number of hydrogen-bond donors (Lipinski definition) is 1. The van der Waals surface area contributed by atoms with Gasteiger partial charge in [-0.3, -0.25) is 4.79 Å². The van der Waals surface area contributed by atoms with Crippen LogP contribution in [0.4, 0.5) is 0 Å². The fourth-order valence-corrected chi connectivity index (χ4v) is 4.32. The lowest BCUT2D eigenvalue weighted by molar-refractivity contribution is -0.143. The van der Waals surface area contributed by atoms with E-state index in [1.54, 1.807) is 25.3 Å². The van der Waals surface area contributed by atoms with Crippen LogP contribution < -0.4 is 10.2 Å². The van der Waals surface area contributed by atoms with Gasteiger partial charge < -0.3 is 9.47 Å². The van der Waals surface area contributed by atoms with E-state index in [0.717, 1.165) is 29.9 Å². The van der Waals surface area contributed by atoms with E-state index in [1.165, 1.54) is 12.5 Å². The molecule has 0 unspecified atom stereocenters. The first-order chi connectivity index (χ1) is 13.3. The van der Waals surface area contributed by atoms with Gasteiger partial charge in [0.25, 0.3) is 5.91 Å². The zero-order valence-corrected chi connectivity index (χ0v) is 17.0. The van der Waals surface area contributed by atoms with Gasteiger partial charge in [0, 0.05) is 17.2 Å². The molecule has 1 aromatic rings. The third-order valence-corrected chi connectivity index (χ3v) is 6.70. The molecule has 0 aromatic heterocycles. The summed E-state index contributed by atoms with van der Waals surface area (Å²) in [6, 6.07) is 7.25. The normalized spacial score (nSPS) is 26.6. The zero-order valence-electron chi connectivity index (χ0n) is 17.0. The van der Waals surface area contributed by atoms with Crippen LogP contribution in [0.1, 0.15) is 45.6 Å². The Morgan fingerprint density at radius 3 is 2.54 bits per heavy atom. The number of carbonyl (C=O) groups is 2. The Hall–Kier alpha value is -2.63. The lowest BCUT2D eigenvalue weighted by Crippen LogP contribution is -2.34. The van der Waals surface area contributed by atoms with Gasteiger partial charge in [-0.25, -0.2) is 10.2 Å². The van der Waals surface area contributed by atoms with Crippen molar-refractivity contribution in [2.75, 3.05) is 13.7 Å². The average Bonchev–Trinajstić information content (AvgIpc) is 3.02. The molecule has 0 aliphatic heterocycles. The summed E-state index contributed by atoms with van der Waals surface area (Å²) in [5.41, 5.74) is 4.67. The Bertz CT molecular complexity index is 810. The number of amides is 1. The lowest BCUT2D eigenvalue weighted by atomic mass is 9.70. The van der Waals surface area contributed by atoms with Gasteiger partial charge in [-0.2, -0.15) is 5.10 Å². The molecule has 1 amide bonds. The van der Waals surface area contributed by atoms with Gasteiger partial charge in [0.2, 0.25) is 0 Å². The second-order valence-electron chi connectivity index (χ2n) is 8.30. The number of hydrazone groups is 1. The van der Waals surface area contributed by atoms with E-state index in [9.17, 15) is 9.59 Å². The first-order valence-electron chi connectivity index (χ1n) is 9.61. The smallest absolute Gasteiger partial charge is 0.331 e. The number of methoxy groups -OCH3 is 1. The highest BCUT2D eigenvalue weighted by molar-refractivity contribution is 5.95. The summed E-state index contributed by atoms with van der Waals surface area (Å²) in [7, 11) is 1.59. The summed E-state index contributed by atoms with van der Waals surface area (Å²) in [6.45, 7) is 6.44. The highest BCUT2D eigenvalue weighted by atomic mass is 16.5. The minimum atomic E-state index is -0.577. The molecule has 2 bridgehead atoms. The van der Waals surface area contributed by atoms with Gasteiger partial charge in [0.05, 0.1) is 7.11 Å². The third-order valence-electron chi connectivity index (χ3n) is 6.70. The van der Waals surface area contributed by atoms with Gasteiger partial charge in [-0.1, -0.05) is 32.9 Å². The monoisotopic (exact) mass is 384 g/mol. The first-order valence-corrected chi connectivity index (χ1v) is 9.61. The van der Waals surface area contributed by atoms with Crippen molar-refractivity contribution in [1.82, 2.24) is 5.43 Å².